The number of amides is 1. The van der Waals surface area contributed by atoms with Crippen LogP contribution in [0.15, 0.2) is 29.5 Å². The van der Waals surface area contributed by atoms with Gasteiger partial charge in [0.15, 0.2) is 18.2 Å². The van der Waals surface area contributed by atoms with Gasteiger partial charge in [-0.15, -0.1) is 6.42 Å². The number of hydrogen-bond donors (Lipinski definition) is 1. The second-order valence-electron chi connectivity index (χ2n) is 6.33. The molecule has 0 spiro atoms. The smallest absolute Gasteiger partial charge is 0.265 e. The quantitative estimate of drug-likeness (QED) is 0.390. The van der Waals surface area contributed by atoms with Crippen LogP contribution in [0.5, 0.6) is 5.75 Å². The highest BCUT2D eigenvalue weighted by atomic mass is 16.5. The Labute approximate surface area is 151 Å². The Hall–Kier alpha value is -3.07. The fourth-order valence-corrected chi connectivity index (χ4v) is 3.35. The van der Waals surface area contributed by atoms with E-state index < -0.39 is 0 Å². The van der Waals surface area contributed by atoms with Crippen LogP contribution in [0.25, 0.3) is 0 Å². The van der Waals surface area contributed by atoms with Gasteiger partial charge in [0.25, 0.3) is 5.91 Å². The highest BCUT2D eigenvalue weighted by molar-refractivity contribution is 6.22. The van der Waals surface area contributed by atoms with Crippen molar-refractivity contribution in [3.63, 3.8) is 0 Å². The largest absolute Gasteiger partial charge is 0.511 e. The van der Waals surface area contributed by atoms with Crippen LogP contribution >= 0.6 is 0 Å². The molecule has 6 nitrogen and oxygen atoms in total. The van der Waals surface area contributed by atoms with Gasteiger partial charge in [-0.05, 0) is 23.6 Å². The monoisotopic (exact) mass is 353 g/mol. The number of aliphatic hydroxyl groups is 1. The van der Waals surface area contributed by atoms with E-state index in [1.807, 2.05) is 0 Å². The van der Waals surface area contributed by atoms with Crippen LogP contribution < -0.4 is 9.64 Å². The summed E-state index contributed by atoms with van der Waals surface area (Å²) in [6.07, 6.45) is 5.86. The first-order valence-electron chi connectivity index (χ1n) is 8.45. The second kappa shape index (κ2) is 7.04. The van der Waals surface area contributed by atoms with Crippen LogP contribution in [-0.2, 0) is 14.4 Å². The number of ether oxygens (including phenoxy) is 1. The molecule has 26 heavy (non-hydrogen) atoms. The van der Waals surface area contributed by atoms with Crippen molar-refractivity contribution < 1.29 is 24.2 Å². The number of anilines is 1. The number of hydrogen-bond acceptors (Lipinski definition) is 5. The second-order valence-corrected chi connectivity index (χ2v) is 6.33. The van der Waals surface area contributed by atoms with E-state index in [0.717, 1.165) is 5.56 Å². The van der Waals surface area contributed by atoms with Gasteiger partial charge >= 0.3 is 0 Å². The van der Waals surface area contributed by atoms with Crippen molar-refractivity contribution in [2.24, 2.45) is 0 Å². The van der Waals surface area contributed by atoms with Crippen LogP contribution in [0, 0.1) is 12.3 Å². The molecule has 0 saturated heterocycles. The molecule has 1 aliphatic carbocycles. The Morgan fingerprint density at radius 3 is 2.62 bits per heavy atom. The SMILES string of the molecule is C#CCN1C(=O)COc2ccc(C3CC(=O)C(=C(O)CC)C(=O)C3)cc21. The molecule has 2 aliphatic rings. The van der Waals surface area contributed by atoms with E-state index in [2.05, 4.69) is 5.92 Å². The van der Waals surface area contributed by atoms with Crippen molar-refractivity contribution in [3.8, 4) is 18.1 Å². The number of carbonyl (C=O) groups excluding carboxylic acids is 3. The summed E-state index contributed by atoms with van der Waals surface area (Å²) in [7, 11) is 0. The third-order valence-electron chi connectivity index (χ3n) is 4.69. The molecule has 0 atom stereocenters. The summed E-state index contributed by atoms with van der Waals surface area (Å²) in [6.45, 7) is 1.74. The molecular formula is C20H19NO5. The van der Waals surface area contributed by atoms with Gasteiger partial charge < -0.3 is 9.84 Å². The molecule has 1 amide bonds. The Morgan fingerprint density at radius 1 is 1.31 bits per heavy atom. The van der Waals surface area contributed by atoms with E-state index >= 15 is 0 Å². The molecule has 1 aromatic carbocycles. The molecule has 1 heterocycles. The standard InChI is InChI=1S/C20H19NO5/c1-3-7-21-14-8-12(5-6-18(14)26-11-19(21)25)13-9-16(23)20(15(22)4-2)17(24)10-13/h1,5-6,8,13,22H,4,7,9-11H2,2H3. The van der Waals surface area contributed by atoms with Gasteiger partial charge in [-0.1, -0.05) is 18.9 Å². The number of nitrogens with zero attached hydrogens (tertiary/aromatic N) is 1. The van der Waals surface area contributed by atoms with Gasteiger partial charge in [0.1, 0.15) is 11.5 Å². The average molecular weight is 353 g/mol. The van der Waals surface area contributed by atoms with Gasteiger partial charge in [0.05, 0.1) is 17.8 Å². The van der Waals surface area contributed by atoms with E-state index in [1.165, 1.54) is 4.90 Å². The topological polar surface area (TPSA) is 83.9 Å². The van der Waals surface area contributed by atoms with Crippen molar-refractivity contribution in [1.29, 1.82) is 0 Å². The van der Waals surface area contributed by atoms with Gasteiger partial charge in [-0.2, -0.15) is 0 Å². The Bertz CT molecular complexity index is 841. The third-order valence-corrected chi connectivity index (χ3v) is 4.69. The zero-order valence-electron chi connectivity index (χ0n) is 14.4. The maximum atomic E-state index is 12.3. The van der Waals surface area contributed by atoms with Crippen molar-refractivity contribution in [2.45, 2.75) is 32.1 Å². The first kappa shape index (κ1) is 17.7. The summed E-state index contributed by atoms with van der Waals surface area (Å²) in [4.78, 5) is 38.2. The lowest BCUT2D eigenvalue weighted by atomic mass is 9.79. The zero-order chi connectivity index (χ0) is 18.8. The number of ketones is 2. The van der Waals surface area contributed by atoms with E-state index in [9.17, 15) is 19.5 Å². The molecule has 1 aromatic rings. The van der Waals surface area contributed by atoms with Crippen molar-refractivity contribution in [2.75, 3.05) is 18.1 Å². The summed E-state index contributed by atoms with van der Waals surface area (Å²) in [6, 6.07) is 5.27. The molecule has 1 fully saturated rings. The maximum absolute atomic E-state index is 12.3. The number of fused-ring (bicyclic) bond motifs is 1. The lowest BCUT2D eigenvalue weighted by Crippen LogP contribution is -2.39. The maximum Gasteiger partial charge on any atom is 0.265 e. The van der Waals surface area contributed by atoms with Crippen LogP contribution in [0.1, 0.15) is 37.7 Å². The van der Waals surface area contributed by atoms with E-state index in [1.54, 1.807) is 25.1 Å². The third kappa shape index (κ3) is 3.08. The number of aliphatic hydroxyl groups excluding tert-OH is 1. The summed E-state index contributed by atoms with van der Waals surface area (Å²) < 4.78 is 5.43. The predicted molar refractivity (Wildman–Crippen MR) is 95.1 cm³/mol. The zero-order valence-corrected chi connectivity index (χ0v) is 14.4. The molecule has 1 aliphatic heterocycles. The van der Waals surface area contributed by atoms with Crippen LogP contribution in [0.3, 0.4) is 0 Å². The van der Waals surface area contributed by atoms with Gasteiger partial charge in [-0.3, -0.25) is 19.3 Å². The summed E-state index contributed by atoms with van der Waals surface area (Å²) >= 11 is 0. The Morgan fingerprint density at radius 2 is 2.00 bits per heavy atom. The van der Waals surface area contributed by atoms with Crippen molar-refractivity contribution in [3.05, 3.63) is 35.1 Å². The number of allylic oxidation sites excluding steroid dienone is 2. The normalized spacial score (nSPS) is 19.7. The molecule has 0 aromatic heterocycles. The Balaban J connectivity index is 1.93. The first-order chi connectivity index (χ1) is 12.5. The lowest BCUT2D eigenvalue weighted by Gasteiger charge is -2.30. The highest BCUT2D eigenvalue weighted by Gasteiger charge is 2.34. The minimum Gasteiger partial charge on any atom is -0.511 e. The number of terminal acetylenes is 1. The summed E-state index contributed by atoms with van der Waals surface area (Å²) in [5, 5.41) is 9.82. The van der Waals surface area contributed by atoms with Gasteiger partial charge in [0.2, 0.25) is 0 Å². The lowest BCUT2D eigenvalue weighted by molar-refractivity contribution is -0.125. The number of carbonyl (C=O) groups is 3. The molecule has 1 saturated carbocycles. The minimum absolute atomic E-state index is 0.0706. The molecular weight excluding hydrogens is 334 g/mol. The van der Waals surface area contributed by atoms with E-state index in [4.69, 9.17) is 11.2 Å². The molecule has 0 radical (unpaired) electrons. The minimum atomic E-state index is -0.351. The summed E-state index contributed by atoms with van der Waals surface area (Å²) in [5.74, 6) is 1.60. The number of Topliss-reactive ketones (excluding diaryl/α,β-unsaturated/α-hetero) is 2. The highest BCUT2D eigenvalue weighted by Crippen LogP contribution is 2.39. The predicted octanol–water partition coefficient (Wildman–Crippen LogP) is 2.28. The van der Waals surface area contributed by atoms with Gasteiger partial charge in [0, 0.05) is 19.3 Å². The number of benzene rings is 1. The molecule has 6 heteroatoms. The molecule has 0 unspecified atom stereocenters. The van der Waals surface area contributed by atoms with Crippen molar-refractivity contribution in [1.82, 2.24) is 0 Å². The molecule has 134 valence electrons. The fourth-order valence-electron chi connectivity index (χ4n) is 3.35. The van der Waals surface area contributed by atoms with E-state index in [0.29, 0.717) is 11.4 Å². The average Bonchev–Trinajstić information content (AvgIpc) is 2.63. The molecule has 1 N–H and O–H groups in total. The first-order valence-corrected chi connectivity index (χ1v) is 8.45. The Kier molecular flexibility index (Phi) is 4.81. The van der Waals surface area contributed by atoms with Crippen LogP contribution in [-0.4, -0.2) is 35.7 Å². The molecule has 3 rings (SSSR count). The van der Waals surface area contributed by atoms with Crippen LogP contribution in [0.2, 0.25) is 0 Å². The fraction of sp³-hybridized carbons (Fsp3) is 0.350. The van der Waals surface area contributed by atoms with E-state index in [-0.39, 0.29) is 67.1 Å². The van der Waals surface area contributed by atoms with Crippen LogP contribution in [0.4, 0.5) is 5.69 Å². The summed E-state index contributed by atoms with van der Waals surface area (Å²) in [5.41, 5.74) is 1.24. The van der Waals surface area contributed by atoms with Crippen molar-refractivity contribution >= 4 is 23.2 Å². The number of rotatable bonds is 3. The molecule has 0 bridgehead atoms. The van der Waals surface area contributed by atoms with Gasteiger partial charge in [-0.25, -0.2) is 0 Å².